The van der Waals surface area contributed by atoms with Crippen molar-refractivity contribution in [2.45, 2.75) is 44.7 Å². The molecule has 1 fully saturated rings. The van der Waals surface area contributed by atoms with E-state index in [0.717, 1.165) is 13.1 Å². The van der Waals surface area contributed by atoms with Crippen LogP contribution in [0.3, 0.4) is 0 Å². The van der Waals surface area contributed by atoms with Crippen LogP contribution in [-0.2, 0) is 0 Å². The van der Waals surface area contributed by atoms with Gasteiger partial charge in [0.05, 0.1) is 6.07 Å². The summed E-state index contributed by atoms with van der Waals surface area (Å²) < 4.78 is 0. The third-order valence-corrected chi connectivity index (χ3v) is 3.26. The summed E-state index contributed by atoms with van der Waals surface area (Å²) >= 11 is 0. The van der Waals surface area contributed by atoms with E-state index >= 15 is 0 Å². The highest BCUT2D eigenvalue weighted by Crippen LogP contribution is 2.18. The van der Waals surface area contributed by atoms with E-state index in [-0.39, 0.29) is 0 Å². The summed E-state index contributed by atoms with van der Waals surface area (Å²) in [5.74, 6) is 0. The highest BCUT2D eigenvalue weighted by Gasteiger charge is 2.28. The molecular weight excluding hydrogens is 174 g/mol. The molecule has 3 heteroatoms. The van der Waals surface area contributed by atoms with Crippen LogP contribution in [0.4, 0.5) is 0 Å². The zero-order valence-electron chi connectivity index (χ0n) is 9.51. The van der Waals surface area contributed by atoms with Crippen LogP contribution in [0.1, 0.15) is 33.1 Å². The molecule has 0 bridgehead atoms. The molecule has 0 aromatic carbocycles. The number of nitrogens with one attached hydrogen (secondary N) is 1. The van der Waals surface area contributed by atoms with Crippen molar-refractivity contribution in [3.05, 3.63) is 0 Å². The fourth-order valence-corrected chi connectivity index (χ4v) is 1.97. The first kappa shape index (κ1) is 11.5. The predicted octanol–water partition coefficient (Wildman–Crippen LogP) is 1.36. The molecule has 0 aromatic heterocycles. The van der Waals surface area contributed by atoms with E-state index in [4.69, 9.17) is 5.26 Å². The lowest BCUT2D eigenvalue weighted by Gasteiger charge is -2.37. The second-order valence-electron chi connectivity index (χ2n) is 4.51. The average molecular weight is 195 g/mol. The molecule has 80 valence electrons. The lowest BCUT2D eigenvalue weighted by molar-refractivity contribution is 0.134. The Balaban J connectivity index is 2.53. The first-order valence-electron chi connectivity index (χ1n) is 5.45. The largest absolute Gasteiger partial charge is 0.302 e. The van der Waals surface area contributed by atoms with Crippen molar-refractivity contribution in [2.24, 2.45) is 0 Å². The molecule has 0 saturated carbocycles. The molecule has 2 unspecified atom stereocenters. The molecular formula is C11H21N3. The molecule has 0 spiro atoms. The standard InChI is InChI=1S/C11H21N3/c1-10-6-4-5-7-14(10)9-11(2,8-12)13-3/h10,13H,4-7,9H2,1-3H3. The third kappa shape index (κ3) is 2.70. The minimum Gasteiger partial charge on any atom is -0.302 e. The zero-order valence-corrected chi connectivity index (χ0v) is 9.51. The summed E-state index contributed by atoms with van der Waals surface area (Å²) in [6.45, 7) is 6.20. The molecule has 14 heavy (non-hydrogen) atoms. The molecule has 1 saturated heterocycles. The van der Waals surface area contributed by atoms with E-state index in [1.807, 2.05) is 14.0 Å². The second-order valence-corrected chi connectivity index (χ2v) is 4.51. The molecule has 0 aromatic rings. The number of rotatable bonds is 3. The number of nitrogens with zero attached hydrogens (tertiary/aromatic N) is 2. The fourth-order valence-electron chi connectivity index (χ4n) is 1.97. The van der Waals surface area contributed by atoms with Crippen LogP contribution in [-0.4, -0.2) is 36.6 Å². The van der Waals surface area contributed by atoms with E-state index in [2.05, 4.69) is 23.2 Å². The second kappa shape index (κ2) is 4.77. The van der Waals surface area contributed by atoms with Gasteiger partial charge in [-0.05, 0) is 40.3 Å². The summed E-state index contributed by atoms with van der Waals surface area (Å²) in [7, 11) is 1.86. The molecule has 1 N–H and O–H groups in total. The lowest BCUT2D eigenvalue weighted by Crippen LogP contribution is -2.52. The highest BCUT2D eigenvalue weighted by molar-refractivity contribution is 5.05. The van der Waals surface area contributed by atoms with Crippen molar-refractivity contribution in [3.63, 3.8) is 0 Å². The normalized spacial score (nSPS) is 28.0. The average Bonchev–Trinajstić information content (AvgIpc) is 2.21. The predicted molar refractivity (Wildman–Crippen MR) is 58.0 cm³/mol. The molecule has 1 aliphatic heterocycles. The zero-order chi connectivity index (χ0) is 10.6. The first-order chi connectivity index (χ1) is 6.61. The van der Waals surface area contributed by atoms with Gasteiger partial charge >= 0.3 is 0 Å². The maximum atomic E-state index is 9.06. The molecule has 1 rings (SSSR count). The summed E-state index contributed by atoms with van der Waals surface area (Å²) in [6.07, 6.45) is 3.88. The Kier molecular flexibility index (Phi) is 3.91. The van der Waals surface area contributed by atoms with Gasteiger partial charge in [0, 0.05) is 12.6 Å². The highest BCUT2D eigenvalue weighted by atomic mass is 15.2. The Bertz CT molecular complexity index is 221. The Morgan fingerprint density at radius 3 is 2.79 bits per heavy atom. The van der Waals surface area contributed by atoms with Crippen molar-refractivity contribution >= 4 is 0 Å². The molecule has 0 amide bonds. The first-order valence-corrected chi connectivity index (χ1v) is 5.45. The van der Waals surface area contributed by atoms with Crippen LogP contribution < -0.4 is 5.32 Å². The minimum atomic E-state index is -0.397. The van der Waals surface area contributed by atoms with Gasteiger partial charge in [0.2, 0.25) is 0 Å². The number of likely N-dealkylation sites (tertiary alicyclic amines) is 1. The smallest absolute Gasteiger partial charge is 0.116 e. The van der Waals surface area contributed by atoms with Crippen molar-refractivity contribution < 1.29 is 0 Å². The molecule has 1 heterocycles. The van der Waals surface area contributed by atoms with Gasteiger partial charge in [0.15, 0.2) is 0 Å². The summed E-state index contributed by atoms with van der Waals surface area (Å²) in [4.78, 5) is 2.42. The number of hydrogen-bond donors (Lipinski definition) is 1. The van der Waals surface area contributed by atoms with E-state index < -0.39 is 5.54 Å². The summed E-state index contributed by atoms with van der Waals surface area (Å²) in [5.41, 5.74) is -0.397. The van der Waals surface area contributed by atoms with Crippen LogP contribution in [0.2, 0.25) is 0 Å². The van der Waals surface area contributed by atoms with Gasteiger partial charge in [-0.2, -0.15) is 5.26 Å². The third-order valence-electron chi connectivity index (χ3n) is 3.26. The molecule has 0 radical (unpaired) electrons. The van der Waals surface area contributed by atoms with Crippen molar-refractivity contribution in [1.29, 1.82) is 5.26 Å². The van der Waals surface area contributed by atoms with Crippen LogP contribution in [0.5, 0.6) is 0 Å². The summed E-state index contributed by atoms with van der Waals surface area (Å²) in [6, 6.07) is 2.97. The monoisotopic (exact) mass is 195 g/mol. The number of piperidine rings is 1. The molecule has 2 atom stereocenters. The number of hydrogen-bond acceptors (Lipinski definition) is 3. The van der Waals surface area contributed by atoms with Crippen molar-refractivity contribution in [1.82, 2.24) is 10.2 Å². The maximum absolute atomic E-state index is 9.06. The van der Waals surface area contributed by atoms with Gasteiger partial charge in [-0.3, -0.25) is 4.90 Å². The van der Waals surface area contributed by atoms with Gasteiger partial charge in [0.25, 0.3) is 0 Å². The van der Waals surface area contributed by atoms with Crippen molar-refractivity contribution in [2.75, 3.05) is 20.1 Å². The van der Waals surface area contributed by atoms with Crippen LogP contribution in [0, 0.1) is 11.3 Å². The van der Waals surface area contributed by atoms with E-state index in [1.54, 1.807) is 0 Å². The SMILES string of the molecule is CNC(C)(C#N)CN1CCCCC1C. The van der Waals surface area contributed by atoms with Gasteiger partial charge in [-0.25, -0.2) is 0 Å². The van der Waals surface area contributed by atoms with E-state index in [1.165, 1.54) is 19.3 Å². The van der Waals surface area contributed by atoms with Gasteiger partial charge in [0.1, 0.15) is 5.54 Å². The van der Waals surface area contributed by atoms with Crippen LogP contribution >= 0.6 is 0 Å². The Morgan fingerprint density at radius 1 is 1.57 bits per heavy atom. The maximum Gasteiger partial charge on any atom is 0.116 e. The number of likely N-dealkylation sites (N-methyl/N-ethyl adjacent to an activating group) is 1. The van der Waals surface area contributed by atoms with Gasteiger partial charge in [-0.15, -0.1) is 0 Å². The Hall–Kier alpha value is -0.590. The van der Waals surface area contributed by atoms with E-state index in [0.29, 0.717) is 6.04 Å². The van der Waals surface area contributed by atoms with Gasteiger partial charge < -0.3 is 5.32 Å². The summed E-state index contributed by atoms with van der Waals surface area (Å²) in [5, 5.41) is 12.2. The Morgan fingerprint density at radius 2 is 2.29 bits per heavy atom. The molecule has 3 nitrogen and oxygen atoms in total. The minimum absolute atomic E-state index is 0.397. The fraction of sp³-hybridized carbons (Fsp3) is 0.909. The molecule has 1 aliphatic rings. The number of nitriles is 1. The van der Waals surface area contributed by atoms with Crippen LogP contribution in [0.15, 0.2) is 0 Å². The van der Waals surface area contributed by atoms with Gasteiger partial charge in [-0.1, -0.05) is 6.42 Å². The Labute approximate surface area is 87.1 Å². The molecule has 0 aliphatic carbocycles. The van der Waals surface area contributed by atoms with E-state index in [9.17, 15) is 0 Å². The quantitative estimate of drug-likeness (QED) is 0.739. The van der Waals surface area contributed by atoms with Crippen molar-refractivity contribution in [3.8, 4) is 6.07 Å². The van der Waals surface area contributed by atoms with Crippen LogP contribution in [0.25, 0.3) is 0 Å². The topological polar surface area (TPSA) is 39.1 Å². The lowest BCUT2D eigenvalue weighted by atomic mass is 9.98.